The Morgan fingerprint density at radius 1 is 1.00 bits per heavy atom. The number of epoxide rings is 1. The first-order valence-corrected chi connectivity index (χ1v) is 7.16. The molecule has 1 nitrogen and oxygen atoms in total. The van der Waals surface area contributed by atoms with Crippen molar-refractivity contribution in [1.82, 2.24) is 0 Å². The van der Waals surface area contributed by atoms with Crippen LogP contribution < -0.4 is 0 Å². The van der Waals surface area contributed by atoms with Gasteiger partial charge in [-0.25, -0.2) is 0 Å². The van der Waals surface area contributed by atoms with Crippen molar-refractivity contribution in [3.63, 3.8) is 0 Å². The van der Waals surface area contributed by atoms with Crippen molar-refractivity contribution < 1.29 is 4.74 Å². The largest absolute Gasteiger partial charge is 0.373 e. The lowest BCUT2D eigenvalue weighted by Gasteiger charge is -2.30. The van der Waals surface area contributed by atoms with E-state index in [1.165, 1.54) is 22.3 Å². The predicted octanol–water partition coefficient (Wildman–Crippen LogP) is 4.15. The monoisotopic (exact) mass is 250 g/mol. The van der Waals surface area contributed by atoms with E-state index in [0.717, 1.165) is 19.4 Å². The molecule has 1 fully saturated rings. The second-order valence-electron chi connectivity index (χ2n) is 5.69. The van der Waals surface area contributed by atoms with Crippen LogP contribution in [-0.4, -0.2) is 12.7 Å². The Kier molecular flexibility index (Phi) is 2.33. The normalized spacial score (nSPS) is 21.8. The van der Waals surface area contributed by atoms with Gasteiger partial charge in [0.15, 0.2) is 0 Å². The van der Waals surface area contributed by atoms with E-state index in [0.29, 0.717) is 6.10 Å². The summed E-state index contributed by atoms with van der Waals surface area (Å²) in [5.74, 6) is 0. The average molecular weight is 250 g/mol. The molecule has 1 saturated heterocycles. The molecule has 1 heteroatoms. The van der Waals surface area contributed by atoms with Crippen molar-refractivity contribution >= 4 is 0 Å². The maximum Gasteiger partial charge on any atom is 0.0821 e. The number of hydrogen-bond donors (Lipinski definition) is 0. The summed E-state index contributed by atoms with van der Waals surface area (Å²) < 4.78 is 5.53. The van der Waals surface area contributed by atoms with Crippen LogP contribution in [0.25, 0.3) is 11.1 Å². The fourth-order valence-corrected chi connectivity index (χ4v) is 3.74. The molecule has 0 saturated carbocycles. The Balaban J connectivity index is 1.98. The summed E-state index contributed by atoms with van der Waals surface area (Å²) in [6, 6.07) is 17.8. The molecule has 0 unspecified atom stereocenters. The molecule has 4 rings (SSSR count). The van der Waals surface area contributed by atoms with Crippen LogP contribution in [0.4, 0.5) is 0 Å². The highest BCUT2D eigenvalue weighted by Gasteiger charge is 2.45. The van der Waals surface area contributed by atoms with Gasteiger partial charge in [0.25, 0.3) is 0 Å². The lowest BCUT2D eigenvalue weighted by Crippen LogP contribution is -2.26. The quantitative estimate of drug-likeness (QED) is 0.745. The smallest absolute Gasteiger partial charge is 0.0821 e. The van der Waals surface area contributed by atoms with Gasteiger partial charge in [-0.2, -0.15) is 0 Å². The third-order valence-electron chi connectivity index (χ3n) is 4.76. The molecule has 1 aliphatic carbocycles. The van der Waals surface area contributed by atoms with Crippen molar-refractivity contribution in [2.24, 2.45) is 0 Å². The summed E-state index contributed by atoms with van der Waals surface area (Å²) in [7, 11) is 0. The minimum atomic E-state index is 0.161. The van der Waals surface area contributed by atoms with E-state index in [4.69, 9.17) is 4.74 Å². The molecule has 1 aliphatic heterocycles. The summed E-state index contributed by atoms with van der Waals surface area (Å²) in [6.45, 7) is 3.24. The van der Waals surface area contributed by atoms with Crippen LogP contribution in [0.2, 0.25) is 0 Å². The van der Waals surface area contributed by atoms with Crippen LogP contribution in [0.15, 0.2) is 48.5 Å². The Hall–Kier alpha value is -1.60. The van der Waals surface area contributed by atoms with Gasteiger partial charge in [0.1, 0.15) is 0 Å². The average Bonchev–Trinajstić information content (AvgIpc) is 3.24. The van der Waals surface area contributed by atoms with E-state index in [1.807, 2.05) is 0 Å². The van der Waals surface area contributed by atoms with Gasteiger partial charge in [0, 0.05) is 5.41 Å². The number of rotatable bonds is 3. The summed E-state index contributed by atoms with van der Waals surface area (Å²) in [5.41, 5.74) is 5.98. The van der Waals surface area contributed by atoms with Crippen molar-refractivity contribution in [3.05, 3.63) is 59.7 Å². The highest BCUT2D eigenvalue weighted by atomic mass is 16.6. The maximum atomic E-state index is 5.53. The molecule has 2 aliphatic rings. The third kappa shape index (κ3) is 1.51. The topological polar surface area (TPSA) is 12.5 Å². The van der Waals surface area contributed by atoms with E-state index in [-0.39, 0.29) is 5.41 Å². The van der Waals surface area contributed by atoms with Crippen LogP contribution in [-0.2, 0) is 10.2 Å². The Morgan fingerprint density at radius 3 is 2.00 bits per heavy atom. The molecule has 0 spiro atoms. The number of hydrogen-bond acceptors (Lipinski definition) is 1. The van der Waals surface area contributed by atoms with Crippen LogP contribution in [0.3, 0.4) is 0 Å². The van der Waals surface area contributed by atoms with Crippen molar-refractivity contribution in [3.8, 4) is 11.1 Å². The third-order valence-corrected chi connectivity index (χ3v) is 4.76. The fourth-order valence-electron chi connectivity index (χ4n) is 3.74. The van der Waals surface area contributed by atoms with Crippen LogP contribution in [0.1, 0.15) is 30.9 Å². The summed E-state index contributed by atoms with van der Waals surface area (Å²) in [6.07, 6.45) is 2.72. The van der Waals surface area contributed by atoms with E-state index in [1.54, 1.807) is 0 Å². The second kappa shape index (κ2) is 3.94. The number of fused-ring (bicyclic) bond motifs is 3. The molecule has 2 aromatic rings. The molecule has 0 radical (unpaired) electrons. The second-order valence-corrected chi connectivity index (χ2v) is 5.69. The molecule has 2 aromatic carbocycles. The molecular weight excluding hydrogens is 232 g/mol. The minimum absolute atomic E-state index is 0.161. The van der Waals surface area contributed by atoms with Crippen LogP contribution in [0, 0.1) is 0 Å². The first-order chi connectivity index (χ1) is 9.35. The van der Waals surface area contributed by atoms with Crippen molar-refractivity contribution in [1.29, 1.82) is 0 Å². The zero-order valence-corrected chi connectivity index (χ0v) is 11.2. The van der Waals surface area contributed by atoms with Gasteiger partial charge >= 0.3 is 0 Å². The Morgan fingerprint density at radius 2 is 1.53 bits per heavy atom. The standard InChI is InChI=1S/C18H18O/c1-2-18(11-13-12-19-13)16-9-5-3-7-14(16)15-8-4-6-10-17(15)18/h3-10,13H,2,11-12H2,1H3/t13-/m1/s1. The van der Waals surface area contributed by atoms with Gasteiger partial charge in [-0.15, -0.1) is 0 Å². The summed E-state index contributed by atoms with van der Waals surface area (Å²) >= 11 is 0. The van der Waals surface area contributed by atoms with Gasteiger partial charge in [-0.3, -0.25) is 0 Å². The highest BCUT2D eigenvalue weighted by molar-refractivity contribution is 5.81. The van der Waals surface area contributed by atoms with E-state index >= 15 is 0 Å². The fraction of sp³-hybridized carbons (Fsp3) is 0.333. The number of ether oxygens (including phenoxy) is 1. The molecule has 0 N–H and O–H groups in total. The SMILES string of the molecule is CCC1(C[C@@H]2CO2)c2ccccc2-c2ccccc21. The van der Waals surface area contributed by atoms with Gasteiger partial charge in [0.05, 0.1) is 12.7 Å². The molecule has 1 atom stereocenters. The first kappa shape index (κ1) is 11.2. The zero-order valence-electron chi connectivity index (χ0n) is 11.2. The van der Waals surface area contributed by atoms with E-state index < -0.39 is 0 Å². The van der Waals surface area contributed by atoms with Crippen LogP contribution in [0.5, 0.6) is 0 Å². The molecule has 19 heavy (non-hydrogen) atoms. The molecule has 0 aromatic heterocycles. The molecule has 0 bridgehead atoms. The predicted molar refractivity (Wildman–Crippen MR) is 77.3 cm³/mol. The lowest BCUT2D eigenvalue weighted by atomic mass is 9.72. The van der Waals surface area contributed by atoms with Crippen molar-refractivity contribution in [2.75, 3.05) is 6.61 Å². The van der Waals surface area contributed by atoms with Gasteiger partial charge < -0.3 is 4.74 Å². The van der Waals surface area contributed by atoms with Crippen LogP contribution >= 0.6 is 0 Å². The first-order valence-electron chi connectivity index (χ1n) is 7.16. The Labute approximate surface area is 114 Å². The molecule has 96 valence electrons. The number of benzene rings is 2. The molecule has 1 heterocycles. The van der Waals surface area contributed by atoms with Gasteiger partial charge in [-0.1, -0.05) is 55.5 Å². The van der Waals surface area contributed by atoms with Gasteiger partial charge in [-0.05, 0) is 35.1 Å². The van der Waals surface area contributed by atoms with E-state index in [2.05, 4.69) is 55.5 Å². The zero-order chi connectivity index (χ0) is 12.9. The maximum absolute atomic E-state index is 5.53. The van der Waals surface area contributed by atoms with E-state index in [9.17, 15) is 0 Å². The summed E-state index contributed by atoms with van der Waals surface area (Å²) in [5, 5.41) is 0. The van der Waals surface area contributed by atoms with Gasteiger partial charge in [0.2, 0.25) is 0 Å². The molecule has 0 amide bonds. The highest BCUT2D eigenvalue weighted by Crippen LogP contribution is 2.53. The van der Waals surface area contributed by atoms with Crippen molar-refractivity contribution in [2.45, 2.75) is 31.3 Å². The molecular formula is C18H18O. The minimum Gasteiger partial charge on any atom is -0.373 e. The lowest BCUT2D eigenvalue weighted by molar-refractivity contribution is 0.343. The Bertz CT molecular complexity index is 580. The summed E-state index contributed by atoms with van der Waals surface area (Å²) in [4.78, 5) is 0.